The van der Waals surface area contributed by atoms with Gasteiger partial charge in [-0.05, 0) is 24.3 Å². The first-order valence-electron chi connectivity index (χ1n) is 7.72. The van der Waals surface area contributed by atoms with Crippen molar-refractivity contribution in [3.63, 3.8) is 0 Å². The molecular weight excluding hydrogens is 386 g/mol. The largest absolute Gasteiger partial charge is 0.508 e. The van der Waals surface area contributed by atoms with E-state index in [4.69, 9.17) is 10.2 Å². The van der Waals surface area contributed by atoms with Crippen molar-refractivity contribution < 1.29 is 36.6 Å². The van der Waals surface area contributed by atoms with Gasteiger partial charge >= 0.3 is 12.4 Å². The van der Waals surface area contributed by atoms with E-state index in [1.807, 2.05) is 0 Å². The van der Waals surface area contributed by atoms with E-state index in [2.05, 4.69) is 0 Å². The number of hydrogen-bond donors (Lipinski definition) is 2. The third-order valence-corrected chi connectivity index (χ3v) is 3.05. The Kier molecular flexibility index (Phi) is 8.37. The lowest BCUT2D eigenvalue weighted by atomic mass is 10.2. The molecule has 0 radical (unpaired) electrons. The van der Waals surface area contributed by atoms with E-state index in [9.17, 15) is 26.3 Å². The van der Waals surface area contributed by atoms with E-state index in [1.165, 1.54) is 48.5 Å². The predicted molar refractivity (Wildman–Crippen MR) is 92.7 cm³/mol. The molecule has 0 fully saturated rings. The summed E-state index contributed by atoms with van der Waals surface area (Å²) in [5, 5.41) is 17.3. The summed E-state index contributed by atoms with van der Waals surface area (Å²) in [6.45, 7) is 0. The highest BCUT2D eigenvalue weighted by Gasteiger charge is 2.30. The van der Waals surface area contributed by atoms with Gasteiger partial charge in [0.15, 0.2) is 0 Å². The predicted octanol–water partition coefficient (Wildman–Crippen LogP) is 6.51. The van der Waals surface area contributed by atoms with Crippen LogP contribution in [0.2, 0.25) is 0 Å². The van der Waals surface area contributed by atoms with Gasteiger partial charge in [-0.15, -0.1) is 0 Å². The van der Waals surface area contributed by atoms with E-state index in [-0.39, 0.29) is 11.5 Å². The smallest absolute Gasteiger partial charge is 0.416 e. The molecule has 0 aliphatic carbocycles. The second-order valence-electron chi connectivity index (χ2n) is 5.24. The van der Waals surface area contributed by atoms with E-state index in [0.717, 1.165) is 24.3 Å². The Morgan fingerprint density at radius 2 is 0.679 bits per heavy atom. The monoisotopic (exact) mass is 402 g/mol. The third kappa shape index (κ3) is 8.98. The first-order valence-corrected chi connectivity index (χ1v) is 7.72. The number of rotatable bonds is 0. The van der Waals surface area contributed by atoms with Crippen molar-refractivity contribution in [2.45, 2.75) is 12.4 Å². The lowest BCUT2D eigenvalue weighted by Crippen LogP contribution is -2.03. The molecule has 2 N–H and O–H groups in total. The van der Waals surface area contributed by atoms with E-state index < -0.39 is 23.5 Å². The Hall–Kier alpha value is -3.16. The first kappa shape index (κ1) is 22.9. The van der Waals surface area contributed by atoms with Crippen molar-refractivity contribution in [2.75, 3.05) is 0 Å². The quantitative estimate of drug-likeness (QED) is 0.332. The molecule has 0 heterocycles. The molecule has 0 aliphatic rings. The van der Waals surface area contributed by atoms with Crippen molar-refractivity contribution in [1.82, 2.24) is 0 Å². The number of aromatic hydroxyl groups is 2. The lowest BCUT2D eigenvalue weighted by molar-refractivity contribution is -0.138. The summed E-state index contributed by atoms with van der Waals surface area (Å²) in [4.78, 5) is 0. The summed E-state index contributed by atoms with van der Waals surface area (Å²) in [6.07, 6.45) is -8.41. The van der Waals surface area contributed by atoms with E-state index in [0.29, 0.717) is 0 Å². The second kappa shape index (κ2) is 10.2. The molecule has 8 heteroatoms. The van der Waals surface area contributed by atoms with Crippen LogP contribution in [-0.4, -0.2) is 10.2 Å². The summed E-state index contributed by atoms with van der Waals surface area (Å²) >= 11 is 0. The van der Waals surface area contributed by atoms with Crippen molar-refractivity contribution in [3.8, 4) is 11.5 Å². The van der Waals surface area contributed by atoms with Crippen LogP contribution in [0.25, 0.3) is 0 Å². The van der Waals surface area contributed by atoms with Gasteiger partial charge in [-0.1, -0.05) is 60.7 Å². The minimum Gasteiger partial charge on any atom is -0.508 e. The first-order chi connectivity index (χ1) is 13.0. The lowest BCUT2D eigenvalue weighted by Gasteiger charge is -2.03. The number of phenolic OH excluding ortho intramolecular Hbond substituents is 2. The summed E-state index contributed by atoms with van der Waals surface area (Å²) in [7, 11) is 0. The molecule has 150 valence electrons. The van der Waals surface area contributed by atoms with Crippen molar-refractivity contribution >= 4 is 0 Å². The van der Waals surface area contributed by atoms with Crippen LogP contribution >= 0.6 is 0 Å². The van der Waals surface area contributed by atoms with Gasteiger partial charge < -0.3 is 10.2 Å². The van der Waals surface area contributed by atoms with Crippen LogP contribution in [0, 0.1) is 0 Å². The van der Waals surface area contributed by atoms with Crippen LogP contribution < -0.4 is 0 Å². The van der Waals surface area contributed by atoms with Crippen LogP contribution in [0.4, 0.5) is 26.3 Å². The summed E-state index contributed by atoms with van der Waals surface area (Å²) < 4.78 is 70.7. The average molecular weight is 402 g/mol. The molecule has 3 aromatic rings. The highest BCUT2D eigenvalue weighted by atomic mass is 19.4. The maximum atomic E-state index is 11.8. The van der Waals surface area contributed by atoms with Gasteiger partial charge in [-0.3, -0.25) is 0 Å². The molecule has 2 nitrogen and oxygen atoms in total. The number of halogens is 6. The van der Waals surface area contributed by atoms with E-state index in [1.54, 1.807) is 12.1 Å². The molecule has 0 bridgehead atoms. The Labute approximate surface area is 157 Å². The second-order valence-corrected chi connectivity index (χ2v) is 5.24. The Morgan fingerprint density at radius 1 is 0.429 bits per heavy atom. The van der Waals surface area contributed by atoms with Gasteiger partial charge in [0.25, 0.3) is 0 Å². The SMILES string of the molecule is FC(F)(F)c1ccccc1.FC(F)(F)c1ccccc1.Oc1ccc(O)cc1. The molecule has 0 saturated heterocycles. The molecule has 0 aromatic heterocycles. The number of hydrogen-bond acceptors (Lipinski definition) is 2. The summed E-state index contributed by atoms with van der Waals surface area (Å²) in [5.74, 6) is 0.339. The highest BCUT2D eigenvalue weighted by Crippen LogP contribution is 2.29. The zero-order chi connectivity index (χ0) is 21.2. The minimum absolute atomic E-state index is 0.169. The average Bonchev–Trinajstić information content (AvgIpc) is 2.65. The van der Waals surface area contributed by atoms with E-state index >= 15 is 0 Å². The maximum absolute atomic E-state index is 11.8. The number of phenols is 2. The molecule has 3 aromatic carbocycles. The van der Waals surface area contributed by atoms with Gasteiger partial charge in [-0.25, -0.2) is 0 Å². The number of benzene rings is 3. The Balaban J connectivity index is 0.000000212. The molecule has 3 rings (SSSR count). The molecule has 0 unspecified atom stereocenters. The minimum atomic E-state index is -4.21. The van der Waals surface area contributed by atoms with Crippen LogP contribution in [-0.2, 0) is 12.4 Å². The van der Waals surface area contributed by atoms with Gasteiger partial charge in [-0.2, -0.15) is 26.3 Å². The topological polar surface area (TPSA) is 40.5 Å². The molecular formula is C20H16F6O2. The molecule has 0 atom stereocenters. The van der Waals surface area contributed by atoms with Crippen LogP contribution in [0.1, 0.15) is 11.1 Å². The normalized spacial score (nSPS) is 10.8. The van der Waals surface area contributed by atoms with Crippen molar-refractivity contribution in [2.24, 2.45) is 0 Å². The molecule has 0 amide bonds. The Morgan fingerprint density at radius 3 is 0.857 bits per heavy atom. The van der Waals surface area contributed by atoms with Gasteiger partial charge in [0.05, 0.1) is 11.1 Å². The zero-order valence-corrected chi connectivity index (χ0v) is 14.2. The molecule has 28 heavy (non-hydrogen) atoms. The number of alkyl halides is 6. The molecule has 0 saturated carbocycles. The van der Waals surface area contributed by atoms with Crippen molar-refractivity contribution in [3.05, 3.63) is 96.1 Å². The highest BCUT2D eigenvalue weighted by molar-refractivity contribution is 5.28. The maximum Gasteiger partial charge on any atom is 0.416 e. The third-order valence-electron chi connectivity index (χ3n) is 3.05. The van der Waals surface area contributed by atoms with Gasteiger partial charge in [0, 0.05) is 0 Å². The van der Waals surface area contributed by atoms with Gasteiger partial charge in [0.1, 0.15) is 11.5 Å². The fraction of sp³-hybridized carbons (Fsp3) is 0.100. The summed E-state index contributed by atoms with van der Waals surface area (Å²) in [6, 6.07) is 18.4. The van der Waals surface area contributed by atoms with Crippen molar-refractivity contribution in [1.29, 1.82) is 0 Å². The fourth-order valence-corrected chi connectivity index (χ4v) is 1.71. The van der Waals surface area contributed by atoms with Gasteiger partial charge in [0.2, 0.25) is 0 Å². The fourth-order valence-electron chi connectivity index (χ4n) is 1.71. The van der Waals surface area contributed by atoms with Crippen LogP contribution in [0.3, 0.4) is 0 Å². The zero-order valence-electron chi connectivity index (χ0n) is 14.2. The Bertz CT molecular complexity index is 728. The van der Waals surface area contributed by atoms with Crippen LogP contribution in [0.5, 0.6) is 11.5 Å². The molecule has 0 aliphatic heterocycles. The standard InChI is InChI=1S/2C7H5F3.C6H6O2/c2*8-7(9,10)6-4-2-1-3-5-6;7-5-1-2-6(8)4-3-5/h2*1-5H;1-4,7-8H. The van der Waals surface area contributed by atoms with Crippen LogP contribution in [0.15, 0.2) is 84.9 Å². The summed E-state index contributed by atoms with van der Waals surface area (Å²) in [5.41, 5.74) is -1.20. The molecule has 0 spiro atoms.